The summed E-state index contributed by atoms with van der Waals surface area (Å²) in [7, 11) is 0. The summed E-state index contributed by atoms with van der Waals surface area (Å²) in [6.07, 6.45) is 6.59. The van der Waals surface area contributed by atoms with Crippen molar-refractivity contribution in [3.63, 3.8) is 0 Å². The minimum absolute atomic E-state index is 0.614. The monoisotopic (exact) mass is 323 g/mol. The Hall–Kier alpha value is -0.960. The van der Waals surface area contributed by atoms with E-state index in [1.165, 1.54) is 32.1 Å². The minimum atomic E-state index is 0.614. The Labute approximate surface area is 135 Å². The van der Waals surface area contributed by atoms with Gasteiger partial charge in [-0.05, 0) is 43.2 Å². The molecule has 0 bridgehead atoms. The van der Waals surface area contributed by atoms with Gasteiger partial charge in [0.05, 0.1) is 11.6 Å². The van der Waals surface area contributed by atoms with Crippen molar-refractivity contribution >= 4 is 23.2 Å². The van der Waals surface area contributed by atoms with Gasteiger partial charge in [-0.1, -0.05) is 42.5 Å². The van der Waals surface area contributed by atoms with E-state index in [1.807, 2.05) is 24.3 Å². The number of halogens is 2. The summed E-state index contributed by atoms with van der Waals surface area (Å²) < 4.78 is 5.89. The van der Waals surface area contributed by atoms with Gasteiger partial charge in [0.25, 0.3) is 0 Å². The highest BCUT2D eigenvalue weighted by Crippen LogP contribution is 2.31. The second-order valence-corrected chi connectivity index (χ2v) is 6.45. The molecule has 21 heavy (non-hydrogen) atoms. The van der Waals surface area contributed by atoms with Gasteiger partial charge in [0.1, 0.15) is 11.5 Å². The molecule has 1 fully saturated rings. The maximum absolute atomic E-state index is 6.21. The first-order valence-corrected chi connectivity index (χ1v) is 8.25. The van der Waals surface area contributed by atoms with E-state index in [2.05, 4.69) is 5.32 Å². The Bertz CT molecular complexity index is 603. The molecular weight excluding hydrogens is 305 g/mol. The summed E-state index contributed by atoms with van der Waals surface area (Å²) in [6.45, 7) is 0.774. The van der Waals surface area contributed by atoms with Crippen molar-refractivity contribution in [3.8, 4) is 11.3 Å². The van der Waals surface area contributed by atoms with Crippen LogP contribution in [0.3, 0.4) is 0 Å². The molecule has 0 unspecified atom stereocenters. The smallest absolute Gasteiger partial charge is 0.135 e. The molecule has 4 heteroatoms. The van der Waals surface area contributed by atoms with Gasteiger partial charge in [-0.3, -0.25) is 0 Å². The Morgan fingerprint density at radius 2 is 1.86 bits per heavy atom. The molecule has 2 nitrogen and oxygen atoms in total. The van der Waals surface area contributed by atoms with E-state index < -0.39 is 0 Å². The van der Waals surface area contributed by atoms with E-state index in [0.29, 0.717) is 16.1 Å². The first-order chi connectivity index (χ1) is 10.2. The number of furan rings is 1. The lowest BCUT2D eigenvalue weighted by molar-refractivity contribution is 0.358. The molecular formula is C17H19Cl2NO. The summed E-state index contributed by atoms with van der Waals surface area (Å²) >= 11 is 12.1. The number of hydrogen-bond donors (Lipinski definition) is 1. The molecule has 1 aliphatic rings. The molecule has 0 radical (unpaired) electrons. The number of rotatable bonds is 4. The zero-order valence-electron chi connectivity index (χ0n) is 11.9. The van der Waals surface area contributed by atoms with E-state index in [-0.39, 0.29) is 0 Å². The van der Waals surface area contributed by atoms with Crippen LogP contribution in [0.1, 0.15) is 37.9 Å². The van der Waals surface area contributed by atoms with Gasteiger partial charge in [0, 0.05) is 16.6 Å². The second-order valence-electron chi connectivity index (χ2n) is 5.61. The summed E-state index contributed by atoms with van der Waals surface area (Å²) in [5.41, 5.74) is 0.880. The average Bonchev–Trinajstić information content (AvgIpc) is 2.95. The van der Waals surface area contributed by atoms with Crippen molar-refractivity contribution in [2.45, 2.75) is 44.7 Å². The fraction of sp³-hybridized carbons (Fsp3) is 0.412. The van der Waals surface area contributed by atoms with Gasteiger partial charge < -0.3 is 9.73 Å². The lowest BCUT2D eigenvalue weighted by Crippen LogP contribution is -2.30. The minimum Gasteiger partial charge on any atom is -0.460 e. The molecule has 0 amide bonds. The van der Waals surface area contributed by atoms with Crippen LogP contribution in [-0.4, -0.2) is 6.04 Å². The topological polar surface area (TPSA) is 25.2 Å². The zero-order valence-corrected chi connectivity index (χ0v) is 13.4. The molecule has 1 aromatic carbocycles. The molecule has 3 rings (SSSR count). The van der Waals surface area contributed by atoms with Crippen LogP contribution in [0.2, 0.25) is 10.0 Å². The fourth-order valence-electron chi connectivity index (χ4n) is 2.86. The molecule has 1 aliphatic carbocycles. The second kappa shape index (κ2) is 6.87. The molecule has 1 N–H and O–H groups in total. The van der Waals surface area contributed by atoms with Gasteiger partial charge >= 0.3 is 0 Å². The molecule has 2 aromatic rings. The highest BCUT2D eigenvalue weighted by molar-refractivity contribution is 6.36. The molecule has 112 valence electrons. The van der Waals surface area contributed by atoms with Crippen LogP contribution in [-0.2, 0) is 6.54 Å². The van der Waals surface area contributed by atoms with E-state index in [1.54, 1.807) is 6.07 Å². The van der Waals surface area contributed by atoms with Crippen molar-refractivity contribution in [2.75, 3.05) is 0 Å². The van der Waals surface area contributed by atoms with Crippen LogP contribution >= 0.6 is 23.2 Å². The van der Waals surface area contributed by atoms with Crippen molar-refractivity contribution in [1.29, 1.82) is 0 Å². The largest absolute Gasteiger partial charge is 0.460 e. The van der Waals surface area contributed by atoms with Crippen LogP contribution in [0.4, 0.5) is 0 Å². The molecule has 0 atom stereocenters. The quantitative estimate of drug-likeness (QED) is 0.783. The third-order valence-electron chi connectivity index (χ3n) is 4.03. The van der Waals surface area contributed by atoms with Crippen LogP contribution in [0.5, 0.6) is 0 Å². The van der Waals surface area contributed by atoms with E-state index >= 15 is 0 Å². The first-order valence-electron chi connectivity index (χ1n) is 7.50. The third-order valence-corrected chi connectivity index (χ3v) is 4.58. The lowest BCUT2D eigenvalue weighted by Gasteiger charge is -2.22. The van der Waals surface area contributed by atoms with Crippen molar-refractivity contribution in [3.05, 3.63) is 46.1 Å². The van der Waals surface area contributed by atoms with E-state index in [9.17, 15) is 0 Å². The average molecular weight is 324 g/mol. The maximum Gasteiger partial charge on any atom is 0.135 e. The van der Waals surface area contributed by atoms with E-state index in [0.717, 1.165) is 23.6 Å². The van der Waals surface area contributed by atoms with E-state index in [4.69, 9.17) is 27.6 Å². The van der Waals surface area contributed by atoms with Gasteiger partial charge in [0.2, 0.25) is 0 Å². The van der Waals surface area contributed by atoms with Gasteiger partial charge in [-0.25, -0.2) is 0 Å². The predicted octanol–water partition coefficient (Wildman–Crippen LogP) is 5.68. The summed E-state index contributed by atoms with van der Waals surface area (Å²) in [4.78, 5) is 0. The summed E-state index contributed by atoms with van der Waals surface area (Å²) in [6, 6.07) is 10.1. The SMILES string of the molecule is Clc1ccc(-c2ccc(CNC3CCCCC3)o2)c(Cl)c1. The molecule has 1 aromatic heterocycles. The first kappa shape index (κ1) is 15.0. The zero-order chi connectivity index (χ0) is 14.7. The van der Waals surface area contributed by atoms with Crippen LogP contribution < -0.4 is 5.32 Å². The Balaban J connectivity index is 1.65. The van der Waals surface area contributed by atoms with Crippen LogP contribution in [0.25, 0.3) is 11.3 Å². The molecule has 0 saturated heterocycles. The Morgan fingerprint density at radius 1 is 1.05 bits per heavy atom. The lowest BCUT2D eigenvalue weighted by atomic mass is 9.95. The fourth-order valence-corrected chi connectivity index (χ4v) is 3.36. The maximum atomic E-state index is 6.21. The Kier molecular flexibility index (Phi) is 4.89. The summed E-state index contributed by atoms with van der Waals surface area (Å²) in [5.74, 6) is 1.73. The van der Waals surface area contributed by atoms with Crippen molar-refractivity contribution in [1.82, 2.24) is 5.32 Å². The normalized spacial score (nSPS) is 16.3. The number of nitrogens with one attached hydrogen (secondary N) is 1. The highest BCUT2D eigenvalue weighted by atomic mass is 35.5. The standard InChI is InChI=1S/C17H19Cl2NO/c18-12-6-8-15(16(19)10-12)17-9-7-14(21-17)11-20-13-4-2-1-3-5-13/h6-10,13,20H,1-5,11H2. The molecule has 1 heterocycles. The molecule has 0 aliphatic heterocycles. The highest BCUT2D eigenvalue weighted by Gasteiger charge is 2.14. The molecule has 0 spiro atoms. The van der Waals surface area contributed by atoms with Gasteiger partial charge in [-0.15, -0.1) is 0 Å². The predicted molar refractivity (Wildman–Crippen MR) is 87.9 cm³/mol. The molecule has 1 saturated carbocycles. The summed E-state index contributed by atoms with van der Waals surface area (Å²) in [5, 5.41) is 4.83. The van der Waals surface area contributed by atoms with Crippen molar-refractivity contribution < 1.29 is 4.42 Å². The Morgan fingerprint density at radius 3 is 2.62 bits per heavy atom. The number of benzene rings is 1. The van der Waals surface area contributed by atoms with Crippen LogP contribution in [0.15, 0.2) is 34.7 Å². The van der Waals surface area contributed by atoms with Crippen LogP contribution in [0, 0.1) is 0 Å². The number of hydrogen-bond acceptors (Lipinski definition) is 2. The van der Waals surface area contributed by atoms with Gasteiger partial charge in [-0.2, -0.15) is 0 Å². The van der Waals surface area contributed by atoms with Crippen molar-refractivity contribution in [2.24, 2.45) is 0 Å². The third kappa shape index (κ3) is 3.82. The van der Waals surface area contributed by atoms with Gasteiger partial charge in [0.15, 0.2) is 0 Å².